The van der Waals surface area contributed by atoms with E-state index in [1.807, 2.05) is 0 Å². The fourth-order valence-corrected chi connectivity index (χ4v) is 3.41. The van der Waals surface area contributed by atoms with Crippen molar-refractivity contribution in [1.29, 1.82) is 0 Å². The summed E-state index contributed by atoms with van der Waals surface area (Å²) in [5.41, 5.74) is 8.77. The molecule has 106 valence electrons. The van der Waals surface area contributed by atoms with Crippen molar-refractivity contribution in [3.05, 3.63) is 27.7 Å². The molecule has 1 saturated carbocycles. The quantitative estimate of drug-likeness (QED) is 0.906. The van der Waals surface area contributed by atoms with E-state index in [0.717, 1.165) is 10.2 Å². The minimum Gasteiger partial charge on any atom is -0.496 e. The smallest absolute Gasteiger partial charge is 0.126 e. The molecule has 0 unspecified atom stereocenters. The summed E-state index contributed by atoms with van der Waals surface area (Å²) in [6.45, 7) is 7.36. The fraction of sp³-hybridized carbons (Fsp3) is 0.625. The average molecular weight is 326 g/mol. The van der Waals surface area contributed by atoms with E-state index in [0.29, 0.717) is 6.54 Å². The van der Waals surface area contributed by atoms with Gasteiger partial charge < -0.3 is 10.5 Å². The standard InChI is InChI=1S/C16H24BrNO/c1-15(2,3)12-8-11(17)9-13(14(12)19-4)16(10-18)6-5-7-16/h8-9H,5-7,10,18H2,1-4H3. The summed E-state index contributed by atoms with van der Waals surface area (Å²) < 4.78 is 6.88. The van der Waals surface area contributed by atoms with E-state index in [-0.39, 0.29) is 10.8 Å². The lowest BCUT2D eigenvalue weighted by Gasteiger charge is -2.43. The van der Waals surface area contributed by atoms with Crippen LogP contribution in [-0.4, -0.2) is 13.7 Å². The monoisotopic (exact) mass is 325 g/mol. The molecular weight excluding hydrogens is 302 g/mol. The molecule has 2 N–H and O–H groups in total. The van der Waals surface area contributed by atoms with Crippen LogP contribution in [0, 0.1) is 0 Å². The molecule has 0 atom stereocenters. The fourth-order valence-electron chi connectivity index (χ4n) is 2.95. The van der Waals surface area contributed by atoms with Crippen LogP contribution in [0.5, 0.6) is 5.75 Å². The van der Waals surface area contributed by atoms with Crippen molar-refractivity contribution in [3.63, 3.8) is 0 Å². The van der Waals surface area contributed by atoms with Crippen LogP contribution < -0.4 is 10.5 Å². The molecule has 1 aromatic carbocycles. The van der Waals surface area contributed by atoms with Crippen LogP contribution in [0.1, 0.15) is 51.2 Å². The van der Waals surface area contributed by atoms with Crippen LogP contribution in [0.4, 0.5) is 0 Å². The topological polar surface area (TPSA) is 35.2 Å². The van der Waals surface area contributed by atoms with Gasteiger partial charge in [0.1, 0.15) is 5.75 Å². The second-order valence-electron chi connectivity index (χ2n) is 6.62. The third-order valence-electron chi connectivity index (χ3n) is 4.34. The Morgan fingerprint density at radius 1 is 1.32 bits per heavy atom. The summed E-state index contributed by atoms with van der Waals surface area (Å²) in [6, 6.07) is 4.37. The first-order valence-electron chi connectivity index (χ1n) is 6.92. The van der Waals surface area contributed by atoms with E-state index in [1.165, 1.54) is 30.4 Å². The molecule has 1 fully saturated rings. The Labute approximate surface area is 124 Å². The summed E-state index contributed by atoms with van der Waals surface area (Å²) >= 11 is 3.65. The predicted octanol–water partition coefficient (Wildman–Crippen LogP) is 4.14. The molecule has 0 radical (unpaired) electrons. The predicted molar refractivity (Wildman–Crippen MR) is 84.0 cm³/mol. The van der Waals surface area contributed by atoms with Crippen LogP contribution in [0.2, 0.25) is 0 Å². The van der Waals surface area contributed by atoms with E-state index in [9.17, 15) is 0 Å². The Hall–Kier alpha value is -0.540. The van der Waals surface area contributed by atoms with Crippen LogP contribution in [-0.2, 0) is 10.8 Å². The highest BCUT2D eigenvalue weighted by Gasteiger charge is 2.41. The molecule has 1 aliphatic carbocycles. The zero-order valence-electron chi connectivity index (χ0n) is 12.3. The number of ether oxygens (including phenoxy) is 1. The van der Waals surface area contributed by atoms with Crippen LogP contribution in [0.15, 0.2) is 16.6 Å². The second-order valence-corrected chi connectivity index (χ2v) is 7.54. The Morgan fingerprint density at radius 3 is 2.32 bits per heavy atom. The average Bonchev–Trinajstić information content (AvgIpc) is 2.26. The van der Waals surface area contributed by atoms with Gasteiger partial charge in [0.2, 0.25) is 0 Å². The lowest BCUT2D eigenvalue weighted by molar-refractivity contribution is 0.242. The normalized spacial score (nSPS) is 18.0. The van der Waals surface area contributed by atoms with E-state index < -0.39 is 0 Å². The Morgan fingerprint density at radius 2 is 1.95 bits per heavy atom. The number of halogens is 1. The zero-order valence-corrected chi connectivity index (χ0v) is 13.9. The van der Waals surface area contributed by atoms with Gasteiger partial charge >= 0.3 is 0 Å². The summed E-state index contributed by atoms with van der Waals surface area (Å²) in [6.07, 6.45) is 3.59. The second kappa shape index (κ2) is 5.10. The molecular formula is C16H24BrNO. The number of hydrogen-bond acceptors (Lipinski definition) is 2. The van der Waals surface area contributed by atoms with Crippen molar-refractivity contribution in [2.24, 2.45) is 5.73 Å². The van der Waals surface area contributed by atoms with Crippen molar-refractivity contribution in [2.75, 3.05) is 13.7 Å². The number of nitrogens with two attached hydrogens (primary N) is 1. The minimum absolute atomic E-state index is 0.0589. The first-order chi connectivity index (χ1) is 8.84. The molecule has 0 bridgehead atoms. The lowest BCUT2D eigenvalue weighted by Crippen LogP contribution is -2.42. The first kappa shape index (κ1) is 14.9. The summed E-state index contributed by atoms with van der Waals surface area (Å²) in [7, 11) is 1.77. The highest BCUT2D eigenvalue weighted by Crippen LogP contribution is 2.49. The third kappa shape index (κ3) is 2.55. The number of benzene rings is 1. The van der Waals surface area contributed by atoms with Gasteiger partial charge in [-0.05, 0) is 30.4 Å². The number of rotatable bonds is 3. The van der Waals surface area contributed by atoms with Gasteiger partial charge in [-0.15, -0.1) is 0 Å². The van der Waals surface area contributed by atoms with E-state index in [1.54, 1.807) is 7.11 Å². The van der Waals surface area contributed by atoms with Crippen molar-refractivity contribution >= 4 is 15.9 Å². The van der Waals surface area contributed by atoms with E-state index in [4.69, 9.17) is 10.5 Å². The minimum atomic E-state index is 0.0589. The van der Waals surface area contributed by atoms with Crippen molar-refractivity contribution in [1.82, 2.24) is 0 Å². The van der Waals surface area contributed by atoms with Gasteiger partial charge in [0.25, 0.3) is 0 Å². The molecule has 2 rings (SSSR count). The molecule has 3 heteroatoms. The summed E-state index contributed by atoms with van der Waals surface area (Å²) in [5.74, 6) is 1.03. The van der Waals surface area contributed by atoms with Gasteiger partial charge in [-0.1, -0.05) is 43.1 Å². The van der Waals surface area contributed by atoms with Crippen molar-refractivity contribution in [2.45, 2.75) is 50.9 Å². The van der Waals surface area contributed by atoms with Gasteiger partial charge in [0.05, 0.1) is 7.11 Å². The molecule has 0 aliphatic heterocycles. The van der Waals surface area contributed by atoms with Crippen LogP contribution in [0.3, 0.4) is 0 Å². The molecule has 0 amide bonds. The molecule has 0 aromatic heterocycles. The third-order valence-corrected chi connectivity index (χ3v) is 4.80. The molecule has 2 nitrogen and oxygen atoms in total. The van der Waals surface area contributed by atoms with Gasteiger partial charge in [0.15, 0.2) is 0 Å². The van der Waals surface area contributed by atoms with E-state index in [2.05, 4.69) is 48.8 Å². The largest absolute Gasteiger partial charge is 0.496 e. The molecule has 0 saturated heterocycles. The molecule has 1 aromatic rings. The molecule has 0 heterocycles. The van der Waals surface area contributed by atoms with E-state index >= 15 is 0 Å². The van der Waals surface area contributed by atoms with Gasteiger partial charge in [0, 0.05) is 27.6 Å². The Balaban J connectivity index is 2.64. The summed E-state index contributed by atoms with van der Waals surface area (Å²) in [4.78, 5) is 0. The Bertz CT molecular complexity index is 467. The van der Waals surface area contributed by atoms with Crippen LogP contribution in [0.25, 0.3) is 0 Å². The molecule has 19 heavy (non-hydrogen) atoms. The highest BCUT2D eigenvalue weighted by molar-refractivity contribution is 9.10. The molecule has 0 spiro atoms. The SMILES string of the molecule is COc1c(C(C)(C)C)cc(Br)cc1C1(CN)CCC1. The Kier molecular flexibility index (Phi) is 3.99. The van der Waals surface area contributed by atoms with Crippen molar-refractivity contribution in [3.8, 4) is 5.75 Å². The van der Waals surface area contributed by atoms with Gasteiger partial charge in [-0.2, -0.15) is 0 Å². The van der Waals surface area contributed by atoms with Crippen molar-refractivity contribution < 1.29 is 4.74 Å². The maximum Gasteiger partial charge on any atom is 0.126 e. The maximum atomic E-state index is 6.06. The first-order valence-corrected chi connectivity index (χ1v) is 7.72. The molecule has 1 aliphatic rings. The number of hydrogen-bond donors (Lipinski definition) is 1. The summed E-state index contributed by atoms with van der Waals surface area (Å²) in [5, 5.41) is 0. The lowest BCUT2D eigenvalue weighted by atomic mass is 9.63. The highest BCUT2D eigenvalue weighted by atomic mass is 79.9. The van der Waals surface area contributed by atoms with Gasteiger partial charge in [-0.25, -0.2) is 0 Å². The van der Waals surface area contributed by atoms with Crippen LogP contribution >= 0.6 is 15.9 Å². The zero-order chi connectivity index (χ0) is 14.3. The van der Waals surface area contributed by atoms with Gasteiger partial charge in [-0.3, -0.25) is 0 Å². The maximum absolute atomic E-state index is 6.06. The number of methoxy groups -OCH3 is 1.